The minimum Gasteiger partial charge on any atom is -0.463 e. The standard InChI is InChI=1S/C14H23NO4/c1-5-18-9-12(10(2)3)15-8-11-6-7-19-13(11)14(16)17-4/h6-7,10,12,15H,5,8-9H2,1-4H3. The van der Waals surface area contributed by atoms with Crippen LogP contribution in [0.1, 0.15) is 36.9 Å². The first kappa shape index (κ1) is 15.7. The van der Waals surface area contributed by atoms with Gasteiger partial charge in [0, 0.05) is 24.8 Å². The molecule has 1 aromatic heterocycles. The Morgan fingerprint density at radius 2 is 2.21 bits per heavy atom. The number of esters is 1. The Balaban J connectivity index is 2.59. The third kappa shape index (κ3) is 4.69. The molecule has 0 fully saturated rings. The lowest BCUT2D eigenvalue weighted by Gasteiger charge is -2.22. The van der Waals surface area contributed by atoms with Gasteiger partial charge in [-0.2, -0.15) is 0 Å². The number of methoxy groups -OCH3 is 1. The first-order valence-electron chi connectivity index (χ1n) is 6.55. The molecule has 0 bridgehead atoms. The Labute approximate surface area is 114 Å². The number of hydrogen-bond acceptors (Lipinski definition) is 5. The van der Waals surface area contributed by atoms with E-state index in [1.807, 2.05) is 6.92 Å². The van der Waals surface area contributed by atoms with Crippen molar-refractivity contribution < 1.29 is 18.7 Å². The van der Waals surface area contributed by atoms with E-state index in [-0.39, 0.29) is 11.8 Å². The molecule has 1 N–H and O–H groups in total. The van der Waals surface area contributed by atoms with Gasteiger partial charge in [0.05, 0.1) is 20.0 Å². The van der Waals surface area contributed by atoms with Crippen molar-refractivity contribution >= 4 is 5.97 Å². The highest BCUT2D eigenvalue weighted by Crippen LogP contribution is 2.13. The molecule has 0 amide bonds. The number of carbonyl (C=O) groups excluding carboxylic acids is 1. The Bertz CT molecular complexity index is 387. The molecule has 1 aromatic rings. The largest absolute Gasteiger partial charge is 0.463 e. The molecule has 0 spiro atoms. The summed E-state index contributed by atoms with van der Waals surface area (Å²) >= 11 is 0. The third-order valence-electron chi connectivity index (χ3n) is 2.98. The molecule has 0 aromatic carbocycles. The SMILES string of the molecule is CCOCC(NCc1ccoc1C(=O)OC)C(C)C. The summed E-state index contributed by atoms with van der Waals surface area (Å²) in [5.41, 5.74) is 0.800. The zero-order valence-electron chi connectivity index (χ0n) is 12.1. The molecule has 0 aliphatic rings. The predicted octanol–water partition coefficient (Wildman–Crippen LogP) is 2.22. The van der Waals surface area contributed by atoms with Crippen molar-refractivity contribution in [2.45, 2.75) is 33.4 Å². The summed E-state index contributed by atoms with van der Waals surface area (Å²) in [6.45, 7) is 8.14. The van der Waals surface area contributed by atoms with Gasteiger partial charge >= 0.3 is 5.97 Å². The average molecular weight is 269 g/mol. The molecule has 19 heavy (non-hydrogen) atoms. The molecule has 0 aliphatic heterocycles. The van der Waals surface area contributed by atoms with E-state index in [1.165, 1.54) is 13.4 Å². The van der Waals surface area contributed by atoms with Crippen molar-refractivity contribution in [2.24, 2.45) is 5.92 Å². The summed E-state index contributed by atoms with van der Waals surface area (Å²) in [4.78, 5) is 11.5. The highest BCUT2D eigenvalue weighted by Gasteiger charge is 2.18. The van der Waals surface area contributed by atoms with Gasteiger partial charge in [0.2, 0.25) is 5.76 Å². The van der Waals surface area contributed by atoms with Crippen LogP contribution in [0.15, 0.2) is 16.7 Å². The minimum absolute atomic E-state index is 0.236. The van der Waals surface area contributed by atoms with Gasteiger partial charge in [-0.25, -0.2) is 4.79 Å². The van der Waals surface area contributed by atoms with Crippen molar-refractivity contribution in [1.82, 2.24) is 5.32 Å². The van der Waals surface area contributed by atoms with E-state index in [9.17, 15) is 4.79 Å². The molecular formula is C14H23NO4. The van der Waals surface area contributed by atoms with Crippen molar-refractivity contribution in [3.05, 3.63) is 23.7 Å². The van der Waals surface area contributed by atoms with Crippen molar-refractivity contribution in [2.75, 3.05) is 20.3 Å². The van der Waals surface area contributed by atoms with Crippen LogP contribution in [0.2, 0.25) is 0 Å². The van der Waals surface area contributed by atoms with Gasteiger partial charge < -0.3 is 19.2 Å². The maximum Gasteiger partial charge on any atom is 0.374 e. The molecule has 1 heterocycles. The number of nitrogens with one attached hydrogen (secondary N) is 1. The van der Waals surface area contributed by atoms with Gasteiger partial charge in [-0.3, -0.25) is 0 Å². The number of rotatable bonds is 8. The van der Waals surface area contributed by atoms with Crippen LogP contribution in [0.25, 0.3) is 0 Å². The number of hydrogen-bond donors (Lipinski definition) is 1. The van der Waals surface area contributed by atoms with Crippen LogP contribution in [0, 0.1) is 5.92 Å². The normalized spacial score (nSPS) is 12.7. The van der Waals surface area contributed by atoms with Gasteiger partial charge in [-0.1, -0.05) is 13.8 Å². The second-order valence-corrected chi connectivity index (χ2v) is 4.66. The second-order valence-electron chi connectivity index (χ2n) is 4.66. The van der Waals surface area contributed by atoms with Gasteiger partial charge in [-0.15, -0.1) is 0 Å². The molecule has 1 unspecified atom stereocenters. The third-order valence-corrected chi connectivity index (χ3v) is 2.98. The number of carbonyl (C=O) groups is 1. The van der Waals surface area contributed by atoms with Crippen molar-refractivity contribution in [3.8, 4) is 0 Å². The fourth-order valence-corrected chi connectivity index (χ4v) is 1.72. The smallest absolute Gasteiger partial charge is 0.374 e. The Morgan fingerprint density at radius 1 is 1.47 bits per heavy atom. The van der Waals surface area contributed by atoms with E-state index in [1.54, 1.807) is 6.07 Å². The summed E-state index contributed by atoms with van der Waals surface area (Å²) in [5, 5.41) is 3.38. The first-order valence-corrected chi connectivity index (χ1v) is 6.55. The van der Waals surface area contributed by atoms with Gasteiger partial charge in [0.15, 0.2) is 0 Å². The highest BCUT2D eigenvalue weighted by molar-refractivity contribution is 5.87. The van der Waals surface area contributed by atoms with Crippen molar-refractivity contribution in [3.63, 3.8) is 0 Å². The molecule has 5 heteroatoms. The summed E-state index contributed by atoms with van der Waals surface area (Å²) in [6.07, 6.45) is 1.50. The van der Waals surface area contributed by atoms with E-state index in [0.717, 1.165) is 5.56 Å². The molecular weight excluding hydrogens is 246 g/mol. The summed E-state index contributed by atoms with van der Waals surface area (Å²) in [6, 6.07) is 2.01. The summed E-state index contributed by atoms with van der Waals surface area (Å²) < 4.78 is 15.3. The van der Waals surface area contributed by atoms with Crippen LogP contribution < -0.4 is 5.32 Å². The Kier molecular flexibility index (Phi) is 6.59. The van der Waals surface area contributed by atoms with Crippen LogP contribution in [0.5, 0.6) is 0 Å². The second kappa shape index (κ2) is 7.96. The fraction of sp³-hybridized carbons (Fsp3) is 0.643. The van der Waals surface area contributed by atoms with E-state index in [4.69, 9.17) is 9.15 Å². The van der Waals surface area contributed by atoms with Crippen LogP contribution >= 0.6 is 0 Å². The molecule has 0 aliphatic carbocycles. The maximum absolute atomic E-state index is 11.5. The number of ether oxygens (including phenoxy) is 2. The quantitative estimate of drug-likeness (QED) is 0.733. The van der Waals surface area contributed by atoms with E-state index in [0.29, 0.717) is 25.7 Å². The van der Waals surface area contributed by atoms with Crippen LogP contribution in [-0.2, 0) is 16.0 Å². The molecule has 108 valence electrons. The molecule has 0 saturated heterocycles. The van der Waals surface area contributed by atoms with Crippen molar-refractivity contribution in [1.29, 1.82) is 0 Å². The van der Waals surface area contributed by atoms with E-state index < -0.39 is 5.97 Å². The molecule has 5 nitrogen and oxygen atoms in total. The molecule has 1 rings (SSSR count). The average Bonchev–Trinajstić information content (AvgIpc) is 2.85. The number of furan rings is 1. The van der Waals surface area contributed by atoms with Crippen LogP contribution in [0.3, 0.4) is 0 Å². The van der Waals surface area contributed by atoms with Crippen LogP contribution in [-0.4, -0.2) is 32.3 Å². The first-order chi connectivity index (χ1) is 9.10. The van der Waals surface area contributed by atoms with E-state index >= 15 is 0 Å². The zero-order valence-corrected chi connectivity index (χ0v) is 12.1. The highest BCUT2D eigenvalue weighted by atomic mass is 16.5. The summed E-state index contributed by atoms with van der Waals surface area (Å²) in [5.74, 6) is 0.252. The van der Waals surface area contributed by atoms with E-state index in [2.05, 4.69) is 23.9 Å². The van der Waals surface area contributed by atoms with Gasteiger partial charge in [0.1, 0.15) is 0 Å². The fourth-order valence-electron chi connectivity index (χ4n) is 1.72. The summed E-state index contributed by atoms with van der Waals surface area (Å²) in [7, 11) is 1.34. The lowest BCUT2D eigenvalue weighted by molar-refractivity contribution is 0.0562. The lowest BCUT2D eigenvalue weighted by atomic mass is 10.0. The van der Waals surface area contributed by atoms with Gasteiger partial charge in [0.25, 0.3) is 0 Å². The Hall–Kier alpha value is -1.33. The van der Waals surface area contributed by atoms with Crippen LogP contribution in [0.4, 0.5) is 0 Å². The van der Waals surface area contributed by atoms with Gasteiger partial charge in [-0.05, 0) is 18.9 Å². The zero-order chi connectivity index (χ0) is 14.3. The maximum atomic E-state index is 11.5. The molecule has 0 saturated carbocycles. The monoisotopic (exact) mass is 269 g/mol. The Morgan fingerprint density at radius 3 is 2.79 bits per heavy atom. The molecule has 1 atom stereocenters. The predicted molar refractivity (Wildman–Crippen MR) is 72.0 cm³/mol. The minimum atomic E-state index is -0.451. The molecule has 0 radical (unpaired) electrons. The lowest BCUT2D eigenvalue weighted by Crippen LogP contribution is -2.37. The topological polar surface area (TPSA) is 60.7 Å².